The summed E-state index contributed by atoms with van der Waals surface area (Å²) in [5.41, 5.74) is 5.85. The van der Waals surface area contributed by atoms with Gasteiger partial charge in [0.2, 0.25) is 0 Å². The van der Waals surface area contributed by atoms with E-state index < -0.39 is 0 Å². The summed E-state index contributed by atoms with van der Waals surface area (Å²) in [5.74, 6) is 5.20. The lowest BCUT2D eigenvalue weighted by Gasteiger charge is -2.54. The monoisotopic (exact) mass is 195 g/mol. The molecule has 82 valence electrons. The first-order chi connectivity index (χ1) is 6.86. The Labute approximate surface area is 88.4 Å². The predicted molar refractivity (Wildman–Crippen MR) is 60.9 cm³/mol. The molecular formula is C13H25N. The second kappa shape index (κ2) is 4.22. The van der Waals surface area contributed by atoms with Gasteiger partial charge in [-0.15, -0.1) is 0 Å². The maximum atomic E-state index is 5.85. The van der Waals surface area contributed by atoms with Crippen LogP contribution in [-0.4, -0.2) is 6.54 Å². The van der Waals surface area contributed by atoms with Crippen molar-refractivity contribution >= 4 is 0 Å². The molecule has 1 nitrogen and oxygen atoms in total. The van der Waals surface area contributed by atoms with Gasteiger partial charge in [-0.2, -0.15) is 0 Å². The van der Waals surface area contributed by atoms with Crippen LogP contribution in [0.1, 0.15) is 46.0 Å². The Hall–Kier alpha value is -0.0400. The Morgan fingerprint density at radius 1 is 0.857 bits per heavy atom. The summed E-state index contributed by atoms with van der Waals surface area (Å²) in [6.45, 7) is 4.97. The van der Waals surface area contributed by atoms with Crippen molar-refractivity contribution in [3.63, 3.8) is 0 Å². The topological polar surface area (TPSA) is 26.0 Å². The normalized spacial score (nSPS) is 48.6. The van der Waals surface area contributed by atoms with Crippen LogP contribution < -0.4 is 5.73 Å². The minimum atomic E-state index is 0.915. The molecule has 0 heterocycles. The van der Waals surface area contributed by atoms with E-state index in [0.29, 0.717) is 0 Å². The van der Waals surface area contributed by atoms with Gasteiger partial charge in [0, 0.05) is 0 Å². The second-order valence-electron chi connectivity index (χ2n) is 5.33. The molecule has 0 aliphatic heterocycles. The highest BCUT2D eigenvalue weighted by molar-refractivity contribution is 4.98. The molecular weight excluding hydrogens is 170 g/mol. The van der Waals surface area contributed by atoms with Gasteiger partial charge in [0.1, 0.15) is 0 Å². The van der Waals surface area contributed by atoms with Gasteiger partial charge >= 0.3 is 0 Å². The maximum Gasteiger partial charge on any atom is -0.00436 e. The molecule has 0 aromatic rings. The lowest BCUT2D eigenvalue weighted by atomic mass is 9.52. The van der Waals surface area contributed by atoms with E-state index in [4.69, 9.17) is 5.73 Å². The van der Waals surface area contributed by atoms with Crippen LogP contribution in [0.15, 0.2) is 0 Å². The summed E-state index contributed by atoms with van der Waals surface area (Å²) in [6, 6.07) is 0. The van der Waals surface area contributed by atoms with Crippen molar-refractivity contribution in [2.75, 3.05) is 6.54 Å². The van der Waals surface area contributed by atoms with Gasteiger partial charge in [0.15, 0.2) is 0 Å². The first kappa shape index (κ1) is 10.5. The summed E-state index contributed by atoms with van der Waals surface area (Å²) in [7, 11) is 0. The number of nitrogens with two attached hydrogens (primary N) is 1. The molecule has 4 rings (SSSR count). The van der Waals surface area contributed by atoms with Gasteiger partial charge < -0.3 is 5.73 Å². The fourth-order valence-corrected chi connectivity index (χ4v) is 4.42. The van der Waals surface area contributed by atoms with Gasteiger partial charge in [-0.3, -0.25) is 0 Å². The number of hydrogen-bond acceptors (Lipinski definition) is 1. The molecule has 0 aromatic carbocycles. The van der Waals surface area contributed by atoms with Gasteiger partial charge in [-0.05, 0) is 68.2 Å². The van der Waals surface area contributed by atoms with E-state index in [-0.39, 0.29) is 0 Å². The van der Waals surface area contributed by atoms with Crippen LogP contribution in [0.3, 0.4) is 0 Å². The van der Waals surface area contributed by atoms with Crippen LogP contribution in [0.2, 0.25) is 0 Å². The van der Waals surface area contributed by atoms with Gasteiger partial charge in [0.25, 0.3) is 0 Å². The van der Waals surface area contributed by atoms with Gasteiger partial charge in [-0.1, -0.05) is 13.8 Å². The van der Waals surface area contributed by atoms with E-state index in [0.717, 1.165) is 36.1 Å². The fraction of sp³-hybridized carbons (Fsp3) is 1.00. The zero-order chi connectivity index (χ0) is 10.1. The van der Waals surface area contributed by atoms with E-state index in [9.17, 15) is 0 Å². The lowest BCUT2D eigenvalue weighted by molar-refractivity contribution is -0.0322. The van der Waals surface area contributed by atoms with Crippen molar-refractivity contribution in [2.45, 2.75) is 46.0 Å². The molecule has 0 spiro atoms. The zero-order valence-corrected chi connectivity index (χ0v) is 9.71. The van der Waals surface area contributed by atoms with Crippen molar-refractivity contribution in [2.24, 2.45) is 35.3 Å². The number of rotatable bonds is 1. The van der Waals surface area contributed by atoms with Crippen LogP contribution in [0.4, 0.5) is 0 Å². The van der Waals surface area contributed by atoms with Crippen LogP contribution in [0.5, 0.6) is 0 Å². The van der Waals surface area contributed by atoms with Crippen LogP contribution in [0, 0.1) is 29.6 Å². The molecule has 4 aliphatic carbocycles. The third-order valence-corrected chi connectivity index (χ3v) is 4.69. The van der Waals surface area contributed by atoms with Crippen molar-refractivity contribution in [3.05, 3.63) is 0 Å². The molecule has 4 fully saturated rings. The molecule has 4 saturated carbocycles. The Morgan fingerprint density at radius 2 is 1.29 bits per heavy atom. The smallest absolute Gasteiger partial charge is 0.00436 e. The van der Waals surface area contributed by atoms with E-state index >= 15 is 0 Å². The molecule has 4 aliphatic rings. The van der Waals surface area contributed by atoms with Gasteiger partial charge in [0.05, 0.1) is 0 Å². The molecule has 1 heteroatoms. The molecule has 2 N–H and O–H groups in total. The average molecular weight is 195 g/mol. The summed E-state index contributed by atoms with van der Waals surface area (Å²) in [4.78, 5) is 0. The minimum Gasteiger partial charge on any atom is -0.330 e. The van der Waals surface area contributed by atoms with Crippen molar-refractivity contribution < 1.29 is 0 Å². The zero-order valence-electron chi connectivity index (χ0n) is 9.71. The van der Waals surface area contributed by atoms with E-state index in [2.05, 4.69) is 0 Å². The Balaban J connectivity index is 0.000000354. The highest BCUT2D eigenvalue weighted by atomic mass is 14.6. The largest absolute Gasteiger partial charge is 0.330 e. The molecule has 14 heavy (non-hydrogen) atoms. The Bertz CT molecular complexity index is 160. The summed E-state index contributed by atoms with van der Waals surface area (Å²) >= 11 is 0. The summed E-state index contributed by atoms with van der Waals surface area (Å²) < 4.78 is 0. The minimum absolute atomic E-state index is 0.915. The lowest BCUT2D eigenvalue weighted by Crippen LogP contribution is -2.47. The molecule has 0 amide bonds. The average Bonchev–Trinajstić information content (AvgIpc) is 2.20. The highest BCUT2D eigenvalue weighted by Crippen LogP contribution is 2.56. The van der Waals surface area contributed by atoms with E-state index in [1.54, 1.807) is 6.42 Å². The molecule has 0 unspecified atom stereocenters. The standard InChI is InChI=1S/C11H19N.C2H6/c12-6-11-9-2-7-1-8(4-9)5-10(11)3-7;1-2/h7-11H,1-6,12H2;1-2H3. The SMILES string of the molecule is CC.NCC1C2CC3CC(C2)CC1C3. The first-order valence-electron chi connectivity index (χ1n) is 6.57. The summed E-state index contributed by atoms with van der Waals surface area (Å²) in [6.07, 6.45) is 7.65. The molecule has 0 atom stereocenters. The Kier molecular flexibility index (Phi) is 3.16. The molecule has 4 bridgehead atoms. The first-order valence-corrected chi connectivity index (χ1v) is 6.57. The van der Waals surface area contributed by atoms with Crippen LogP contribution in [0.25, 0.3) is 0 Å². The maximum absolute atomic E-state index is 5.85. The third kappa shape index (κ3) is 1.60. The quantitative estimate of drug-likeness (QED) is 0.684. The Morgan fingerprint density at radius 3 is 1.64 bits per heavy atom. The highest BCUT2D eigenvalue weighted by Gasteiger charge is 2.47. The fourth-order valence-electron chi connectivity index (χ4n) is 4.42. The van der Waals surface area contributed by atoms with Crippen molar-refractivity contribution in [3.8, 4) is 0 Å². The van der Waals surface area contributed by atoms with E-state index in [1.165, 1.54) is 25.7 Å². The molecule has 0 saturated heterocycles. The van der Waals surface area contributed by atoms with Crippen molar-refractivity contribution in [1.29, 1.82) is 0 Å². The number of hydrogen-bond donors (Lipinski definition) is 1. The van der Waals surface area contributed by atoms with Crippen LogP contribution in [-0.2, 0) is 0 Å². The summed E-state index contributed by atoms with van der Waals surface area (Å²) in [5, 5.41) is 0. The van der Waals surface area contributed by atoms with E-state index in [1.807, 2.05) is 13.8 Å². The van der Waals surface area contributed by atoms with Crippen LogP contribution >= 0.6 is 0 Å². The predicted octanol–water partition coefficient (Wildman–Crippen LogP) is 3.04. The third-order valence-electron chi connectivity index (χ3n) is 4.69. The van der Waals surface area contributed by atoms with Gasteiger partial charge in [-0.25, -0.2) is 0 Å². The second-order valence-corrected chi connectivity index (χ2v) is 5.33. The molecule has 0 aromatic heterocycles. The van der Waals surface area contributed by atoms with Crippen molar-refractivity contribution in [1.82, 2.24) is 0 Å². The molecule has 0 radical (unpaired) electrons.